The number of halogens is 3. The van der Waals surface area contributed by atoms with E-state index in [0.29, 0.717) is 16.8 Å². The molecule has 0 unspecified atom stereocenters. The first kappa shape index (κ1) is 15.1. The SMILES string of the molecule is O=C1C=C(Cc2ccc(C(F)(F)F)cn2)C(=O)c2ccccc21. The van der Waals surface area contributed by atoms with Gasteiger partial charge in [0.05, 0.1) is 5.56 Å². The molecule has 0 bridgehead atoms. The molecule has 23 heavy (non-hydrogen) atoms. The maximum absolute atomic E-state index is 12.5. The van der Waals surface area contributed by atoms with E-state index in [1.165, 1.54) is 12.1 Å². The standard InChI is InChI=1S/C17H10F3NO2/c18-17(19,20)11-5-6-12(21-9-11)7-10-8-15(22)13-3-1-2-4-14(13)16(10)23/h1-6,8-9H,7H2. The van der Waals surface area contributed by atoms with E-state index < -0.39 is 11.7 Å². The van der Waals surface area contributed by atoms with Crippen LogP contribution in [-0.4, -0.2) is 16.6 Å². The summed E-state index contributed by atoms with van der Waals surface area (Å²) in [6.45, 7) is 0. The molecular formula is C17H10F3NO2. The number of carbonyl (C=O) groups excluding carboxylic acids is 2. The van der Waals surface area contributed by atoms with Gasteiger partial charge in [-0.2, -0.15) is 13.2 Å². The van der Waals surface area contributed by atoms with Crippen molar-refractivity contribution in [2.24, 2.45) is 0 Å². The monoisotopic (exact) mass is 317 g/mol. The van der Waals surface area contributed by atoms with Crippen molar-refractivity contribution in [1.29, 1.82) is 0 Å². The van der Waals surface area contributed by atoms with E-state index in [-0.39, 0.29) is 23.6 Å². The molecule has 0 atom stereocenters. The van der Waals surface area contributed by atoms with E-state index in [1.54, 1.807) is 24.3 Å². The molecule has 0 saturated heterocycles. The number of hydrogen-bond acceptors (Lipinski definition) is 3. The Morgan fingerprint density at radius 2 is 1.65 bits per heavy atom. The van der Waals surface area contributed by atoms with Gasteiger partial charge in [-0.25, -0.2) is 0 Å². The zero-order chi connectivity index (χ0) is 16.6. The zero-order valence-electron chi connectivity index (χ0n) is 11.7. The van der Waals surface area contributed by atoms with Crippen LogP contribution in [0.4, 0.5) is 13.2 Å². The fourth-order valence-corrected chi connectivity index (χ4v) is 2.39. The van der Waals surface area contributed by atoms with E-state index in [1.807, 2.05) is 0 Å². The summed E-state index contributed by atoms with van der Waals surface area (Å²) in [6, 6.07) is 8.57. The minimum Gasteiger partial charge on any atom is -0.289 e. The average Bonchev–Trinajstić information content (AvgIpc) is 2.52. The number of nitrogens with zero attached hydrogens (tertiary/aromatic N) is 1. The van der Waals surface area contributed by atoms with Crippen molar-refractivity contribution in [2.75, 3.05) is 0 Å². The van der Waals surface area contributed by atoms with Gasteiger partial charge < -0.3 is 0 Å². The normalized spacial score (nSPS) is 14.5. The summed E-state index contributed by atoms with van der Waals surface area (Å²) in [5, 5.41) is 0. The number of ketones is 2. The quantitative estimate of drug-likeness (QED) is 0.849. The van der Waals surface area contributed by atoms with Gasteiger partial charge in [0.25, 0.3) is 0 Å². The van der Waals surface area contributed by atoms with E-state index in [4.69, 9.17) is 0 Å². The molecule has 3 rings (SSSR count). The van der Waals surface area contributed by atoms with Gasteiger partial charge in [-0.3, -0.25) is 14.6 Å². The van der Waals surface area contributed by atoms with E-state index in [2.05, 4.69) is 4.98 Å². The summed E-state index contributed by atoms with van der Waals surface area (Å²) in [6.07, 6.45) is -2.50. The van der Waals surface area contributed by atoms with Gasteiger partial charge >= 0.3 is 6.18 Å². The number of aromatic nitrogens is 1. The van der Waals surface area contributed by atoms with Gasteiger partial charge in [-0.15, -0.1) is 0 Å². The smallest absolute Gasteiger partial charge is 0.289 e. The number of pyridine rings is 1. The first-order chi connectivity index (χ1) is 10.9. The van der Waals surface area contributed by atoms with E-state index >= 15 is 0 Å². The summed E-state index contributed by atoms with van der Waals surface area (Å²) >= 11 is 0. The van der Waals surface area contributed by atoms with Crippen molar-refractivity contribution < 1.29 is 22.8 Å². The van der Waals surface area contributed by atoms with Gasteiger partial charge in [0.2, 0.25) is 0 Å². The molecule has 1 aliphatic carbocycles. The topological polar surface area (TPSA) is 47.0 Å². The van der Waals surface area contributed by atoms with Crippen LogP contribution in [-0.2, 0) is 12.6 Å². The molecule has 1 aliphatic rings. The van der Waals surface area contributed by atoms with Crippen LogP contribution in [0.15, 0.2) is 54.2 Å². The summed E-state index contributed by atoms with van der Waals surface area (Å²) < 4.78 is 37.5. The van der Waals surface area contributed by atoms with Crippen LogP contribution < -0.4 is 0 Å². The molecule has 0 fully saturated rings. The lowest BCUT2D eigenvalue weighted by Gasteiger charge is -2.14. The largest absolute Gasteiger partial charge is 0.417 e. The van der Waals surface area contributed by atoms with E-state index in [9.17, 15) is 22.8 Å². The van der Waals surface area contributed by atoms with Crippen molar-refractivity contribution in [2.45, 2.75) is 12.6 Å². The highest BCUT2D eigenvalue weighted by Crippen LogP contribution is 2.29. The maximum atomic E-state index is 12.5. The molecule has 1 aromatic heterocycles. The summed E-state index contributed by atoms with van der Waals surface area (Å²) in [7, 11) is 0. The van der Waals surface area contributed by atoms with Crippen LogP contribution in [0.2, 0.25) is 0 Å². The maximum Gasteiger partial charge on any atom is 0.417 e. The number of rotatable bonds is 2. The van der Waals surface area contributed by atoms with Gasteiger partial charge in [-0.1, -0.05) is 24.3 Å². The third kappa shape index (κ3) is 2.92. The Morgan fingerprint density at radius 1 is 0.957 bits per heavy atom. The van der Waals surface area contributed by atoms with Crippen molar-refractivity contribution in [3.05, 3.63) is 76.6 Å². The van der Waals surface area contributed by atoms with Gasteiger partial charge in [0.15, 0.2) is 11.6 Å². The van der Waals surface area contributed by atoms with Crippen molar-refractivity contribution in [1.82, 2.24) is 4.98 Å². The van der Waals surface area contributed by atoms with Crippen LogP contribution in [0.3, 0.4) is 0 Å². The molecule has 3 nitrogen and oxygen atoms in total. The minimum atomic E-state index is -4.46. The molecule has 1 aromatic carbocycles. The summed E-state index contributed by atoms with van der Waals surface area (Å²) in [5.74, 6) is -0.594. The number of hydrogen-bond donors (Lipinski definition) is 0. The predicted molar refractivity (Wildman–Crippen MR) is 76.1 cm³/mol. The fourth-order valence-electron chi connectivity index (χ4n) is 2.39. The fraction of sp³-hybridized carbons (Fsp3) is 0.118. The van der Waals surface area contributed by atoms with Crippen LogP contribution in [0.5, 0.6) is 0 Å². The molecule has 0 radical (unpaired) electrons. The average molecular weight is 317 g/mol. The summed E-state index contributed by atoms with van der Waals surface area (Å²) in [5.41, 5.74) is 0.306. The molecule has 1 heterocycles. The van der Waals surface area contributed by atoms with Crippen LogP contribution in [0.1, 0.15) is 32.0 Å². The van der Waals surface area contributed by atoms with Gasteiger partial charge in [0.1, 0.15) is 0 Å². The summed E-state index contributed by atoms with van der Waals surface area (Å²) in [4.78, 5) is 28.1. The first-order valence-corrected chi connectivity index (χ1v) is 6.77. The van der Waals surface area contributed by atoms with Crippen molar-refractivity contribution in [3.8, 4) is 0 Å². The molecule has 2 aromatic rings. The van der Waals surface area contributed by atoms with Crippen LogP contribution >= 0.6 is 0 Å². The Morgan fingerprint density at radius 3 is 2.26 bits per heavy atom. The molecule has 0 aliphatic heterocycles. The number of carbonyl (C=O) groups is 2. The van der Waals surface area contributed by atoms with Crippen LogP contribution in [0, 0.1) is 0 Å². The number of Topliss-reactive ketones (excluding diaryl/α,β-unsaturated/α-hetero) is 1. The Hall–Kier alpha value is -2.76. The van der Waals surface area contributed by atoms with Crippen molar-refractivity contribution >= 4 is 11.6 Å². The Bertz CT molecular complexity index is 820. The molecule has 0 spiro atoms. The molecule has 0 amide bonds. The van der Waals surface area contributed by atoms with Crippen molar-refractivity contribution in [3.63, 3.8) is 0 Å². The van der Waals surface area contributed by atoms with Gasteiger partial charge in [-0.05, 0) is 18.2 Å². The highest BCUT2D eigenvalue weighted by molar-refractivity contribution is 6.24. The number of allylic oxidation sites excluding steroid dienone is 2. The first-order valence-electron chi connectivity index (χ1n) is 6.77. The molecule has 0 saturated carbocycles. The number of fused-ring (bicyclic) bond motifs is 1. The molecular weight excluding hydrogens is 307 g/mol. The zero-order valence-corrected chi connectivity index (χ0v) is 11.7. The predicted octanol–water partition coefficient (Wildman–Crippen LogP) is 3.65. The molecule has 116 valence electrons. The lowest BCUT2D eigenvalue weighted by Crippen LogP contribution is -2.18. The molecule has 0 N–H and O–H groups in total. The number of benzene rings is 1. The van der Waals surface area contributed by atoms with Gasteiger partial charge in [0, 0.05) is 35.0 Å². The Kier molecular flexibility index (Phi) is 3.60. The minimum absolute atomic E-state index is 0.0110. The highest BCUT2D eigenvalue weighted by Gasteiger charge is 2.31. The van der Waals surface area contributed by atoms with E-state index in [0.717, 1.165) is 12.3 Å². The molecule has 6 heteroatoms. The third-order valence-electron chi connectivity index (χ3n) is 3.56. The third-order valence-corrected chi connectivity index (χ3v) is 3.56. The Balaban J connectivity index is 1.87. The second-order valence-electron chi connectivity index (χ2n) is 5.12. The lowest BCUT2D eigenvalue weighted by atomic mass is 9.87. The number of alkyl halides is 3. The van der Waals surface area contributed by atoms with Crippen LogP contribution in [0.25, 0.3) is 0 Å². The Labute approximate surface area is 129 Å². The second-order valence-corrected chi connectivity index (χ2v) is 5.12. The highest BCUT2D eigenvalue weighted by atomic mass is 19.4. The second kappa shape index (κ2) is 5.46. The lowest BCUT2D eigenvalue weighted by molar-refractivity contribution is -0.137.